The normalized spacial score (nSPS) is 15.4. The van der Waals surface area contributed by atoms with Gasteiger partial charge in [0, 0.05) is 19.0 Å². The smallest absolute Gasteiger partial charge is 0.226 e. The van der Waals surface area contributed by atoms with Crippen LogP contribution in [0.4, 0.5) is 0 Å². The van der Waals surface area contributed by atoms with Crippen molar-refractivity contribution in [2.45, 2.75) is 26.3 Å². The largest absolute Gasteiger partial charge is 0.338 e. The van der Waals surface area contributed by atoms with Gasteiger partial charge in [0.15, 0.2) is 0 Å². The van der Waals surface area contributed by atoms with Crippen LogP contribution in [0.3, 0.4) is 0 Å². The number of hydrogen-bond donors (Lipinski definition) is 0. The molecule has 0 aliphatic carbocycles. The molecule has 1 heterocycles. The highest BCUT2D eigenvalue weighted by atomic mass is 16.2. The third-order valence-electron chi connectivity index (χ3n) is 4.25. The zero-order chi connectivity index (χ0) is 14.7. The van der Waals surface area contributed by atoms with Gasteiger partial charge >= 0.3 is 0 Å². The molecule has 0 spiro atoms. The molecule has 0 fully saturated rings. The van der Waals surface area contributed by atoms with Crippen LogP contribution >= 0.6 is 0 Å². The molecule has 3 rings (SSSR count). The molecule has 0 saturated carbocycles. The lowest BCUT2D eigenvalue weighted by Crippen LogP contribution is -2.39. The van der Waals surface area contributed by atoms with Gasteiger partial charge in [-0.1, -0.05) is 61.5 Å². The van der Waals surface area contributed by atoms with Crippen LogP contribution in [0.15, 0.2) is 54.6 Å². The molecule has 1 atom stereocenters. The van der Waals surface area contributed by atoms with Gasteiger partial charge in [-0.05, 0) is 29.5 Å². The molecule has 2 aromatic rings. The second-order valence-corrected chi connectivity index (χ2v) is 5.87. The van der Waals surface area contributed by atoms with Gasteiger partial charge in [0.05, 0.1) is 0 Å². The van der Waals surface area contributed by atoms with Crippen LogP contribution in [-0.2, 0) is 24.2 Å². The van der Waals surface area contributed by atoms with E-state index in [1.807, 2.05) is 30.0 Å². The summed E-state index contributed by atoms with van der Waals surface area (Å²) in [4.78, 5) is 14.6. The number of hydrogen-bond acceptors (Lipinski definition) is 1. The Kier molecular flexibility index (Phi) is 4.05. The predicted molar refractivity (Wildman–Crippen MR) is 84.9 cm³/mol. The lowest BCUT2D eigenvalue weighted by molar-refractivity contribution is -0.135. The highest BCUT2D eigenvalue weighted by Crippen LogP contribution is 2.21. The monoisotopic (exact) mass is 279 g/mol. The summed E-state index contributed by atoms with van der Waals surface area (Å²) in [7, 11) is 0. The van der Waals surface area contributed by atoms with Gasteiger partial charge in [-0.2, -0.15) is 0 Å². The van der Waals surface area contributed by atoms with Crippen molar-refractivity contribution in [2.24, 2.45) is 5.92 Å². The molecule has 2 nitrogen and oxygen atoms in total. The van der Waals surface area contributed by atoms with Crippen LogP contribution in [0.25, 0.3) is 0 Å². The average molecular weight is 279 g/mol. The second kappa shape index (κ2) is 6.13. The first-order chi connectivity index (χ1) is 10.2. The van der Waals surface area contributed by atoms with E-state index in [0.29, 0.717) is 0 Å². The second-order valence-electron chi connectivity index (χ2n) is 5.87. The first-order valence-corrected chi connectivity index (χ1v) is 7.63. The van der Waals surface area contributed by atoms with E-state index in [2.05, 4.69) is 36.4 Å². The van der Waals surface area contributed by atoms with Crippen molar-refractivity contribution in [1.29, 1.82) is 0 Å². The van der Waals surface area contributed by atoms with Gasteiger partial charge in [-0.25, -0.2) is 0 Å². The fourth-order valence-electron chi connectivity index (χ4n) is 3.05. The summed E-state index contributed by atoms with van der Waals surface area (Å²) in [6.45, 7) is 3.64. The fourth-order valence-corrected chi connectivity index (χ4v) is 3.05. The van der Waals surface area contributed by atoms with Crippen molar-refractivity contribution in [1.82, 2.24) is 4.90 Å². The maximum Gasteiger partial charge on any atom is 0.226 e. The van der Waals surface area contributed by atoms with Crippen molar-refractivity contribution < 1.29 is 4.79 Å². The predicted octanol–water partition coefficient (Wildman–Crippen LogP) is 3.45. The maximum atomic E-state index is 12.6. The van der Waals surface area contributed by atoms with Crippen LogP contribution in [-0.4, -0.2) is 17.4 Å². The number of fused-ring (bicyclic) bond motifs is 1. The van der Waals surface area contributed by atoms with Gasteiger partial charge in [0.2, 0.25) is 5.91 Å². The lowest BCUT2D eigenvalue weighted by Gasteiger charge is -2.31. The molecule has 2 heteroatoms. The fraction of sp³-hybridized carbons (Fsp3) is 0.316. The van der Waals surface area contributed by atoms with E-state index in [1.165, 1.54) is 16.7 Å². The molecule has 2 aromatic carbocycles. The molecule has 21 heavy (non-hydrogen) atoms. The first kappa shape index (κ1) is 13.9. The van der Waals surface area contributed by atoms with E-state index in [1.54, 1.807) is 0 Å². The molecule has 0 bridgehead atoms. The van der Waals surface area contributed by atoms with Crippen LogP contribution in [0.2, 0.25) is 0 Å². The van der Waals surface area contributed by atoms with Crippen LogP contribution in [0.5, 0.6) is 0 Å². The Hall–Kier alpha value is -2.09. The molecule has 0 aromatic heterocycles. The number of carbonyl (C=O) groups is 1. The number of amides is 1. The van der Waals surface area contributed by atoms with E-state index in [0.717, 1.165) is 25.9 Å². The molecule has 0 unspecified atom stereocenters. The van der Waals surface area contributed by atoms with E-state index in [9.17, 15) is 4.79 Å². The van der Waals surface area contributed by atoms with Gasteiger partial charge in [0.1, 0.15) is 0 Å². The summed E-state index contributed by atoms with van der Waals surface area (Å²) in [5.41, 5.74) is 3.91. The minimum absolute atomic E-state index is 0.0395. The quantitative estimate of drug-likeness (QED) is 0.842. The van der Waals surface area contributed by atoms with E-state index < -0.39 is 0 Å². The zero-order valence-electron chi connectivity index (χ0n) is 12.5. The number of rotatable bonds is 3. The maximum absolute atomic E-state index is 12.6. The molecule has 1 amide bonds. The van der Waals surface area contributed by atoms with Crippen LogP contribution in [0, 0.1) is 5.92 Å². The Labute approximate surface area is 126 Å². The molecule has 0 radical (unpaired) electrons. The summed E-state index contributed by atoms with van der Waals surface area (Å²) < 4.78 is 0. The van der Waals surface area contributed by atoms with Crippen molar-refractivity contribution in [3.05, 3.63) is 71.3 Å². The summed E-state index contributed by atoms with van der Waals surface area (Å²) in [5.74, 6) is 0.311. The summed E-state index contributed by atoms with van der Waals surface area (Å²) in [6, 6.07) is 18.7. The summed E-state index contributed by atoms with van der Waals surface area (Å²) in [5, 5.41) is 0. The SMILES string of the molecule is C[C@@H](Cc1ccccc1)C(=O)N1CCc2ccccc2C1. The Morgan fingerprint density at radius 1 is 1.05 bits per heavy atom. The zero-order valence-corrected chi connectivity index (χ0v) is 12.5. The highest BCUT2D eigenvalue weighted by Gasteiger charge is 2.24. The van der Waals surface area contributed by atoms with Crippen LogP contribution < -0.4 is 0 Å². The van der Waals surface area contributed by atoms with E-state index in [-0.39, 0.29) is 11.8 Å². The molecular weight excluding hydrogens is 258 g/mol. The number of carbonyl (C=O) groups excluding carboxylic acids is 1. The first-order valence-electron chi connectivity index (χ1n) is 7.63. The number of nitrogens with zero attached hydrogens (tertiary/aromatic N) is 1. The molecular formula is C19H21NO. The van der Waals surface area contributed by atoms with Gasteiger partial charge in [-0.15, -0.1) is 0 Å². The highest BCUT2D eigenvalue weighted by molar-refractivity contribution is 5.79. The minimum atomic E-state index is 0.0395. The van der Waals surface area contributed by atoms with Crippen LogP contribution in [0.1, 0.15) is 23.6 Å². The Morgan fingerprint density at radius 2 is 1.71 bits per heavy atom. The van der Waals surface area contributed by atoms with Crippen molar-refractivity contribution in [3.8, 4) is 0 Å². The standard InChI is InChI=1S/C19H21NO/c1-15(13-16-7-3-2-4-8-16)19(21)20-12-11-17-9-5-6-10-18(17)14-20/h2-10,15H,11-14H2,1H3/t15-/m0/s1. The topological polar surface area (TPSA) is 20.3 Å². The van der Waals surface area contributed by atoms with Crippen molar-refractivity contribution >= 4 is 5.91 Å². The lowest BCUT2D eigenvalue weighted by atomic mass is 9.96. The third-order valence-corrected chi connectivity index (χ3v) is 4.25. The number of benzene rings is 2. The van der Waals surface area contributed by atoms with E-state index >= 15 is 0 Å². The molecule has 0 saturated heterocycles. The van der Waals surface area contributed by atoms with Gasteiger partial charge in [0.25, 0.3) is 0 Å². The Morgan fingerprint density at radius 3 is 2.48 bits per heavy atom. The van der Waals surface area contributed by atoms with Gasteiger partial charge in [-0.3, -0.25) is 4.79 Å². The Bertz CT molecular complexity index is 620. The van der Waals surface area contributed by atoms with Crippen molar-refractivity contribution in [3.63, 3.8) is 0 Å². The molecule has 1 aliphatic heterocycles. The molecule has 1 aliphatic rings. The third kappa shape index (κ3) is 3.15. The molecule has 108 valence electrons. The average Bonchev–Trinajstić information content (AvgIpc) is 2.54. The summed E-state index contributed by atoms with van der Waals surface area (Å²) >= 11 is 0. The van der Waals surface area contributed by atoms with E-state index in [4.69, 9.17) is 0 Å². The molecule has 0 N–H and O–H groups in total. The van der Waals surface area contributed by atoms with Crippen molar-refractivity contribution in [2.75, 3.05) is 6.54 Å². The summed E-state index contributed by atoms with van der Waals surface area (Å²) in [6.07, 6.45) is 1.79. The van der Waals surface area contributed by atoms with Gasteiger partial charge < -0.3 is 4.90 Å². The minimum Gasteiger partial charge on any atom is -0.338 e. The Balaban J connectivity index is 1.66.